The fourth-order valence-corrected chi connectivity index (χ4v) is 3.68. The molecule has 1 amide bonds. The van der Waals surface area contributed by atoms with E-state index in [2.05, 4.69) is 12.2 Å². The van der Waals surface area contributed by atoms with Gasteiger partial charge in [-0.1, -0.05) is 31.6 Å². The third kappa shape index (κ3) is 12.0. The van der Waals surface area contributed by atoms with E-state index in [0.717, 1.165) is 41.0 Å². The van der Waals surface area contributed by atoms with Crippen LogP contribution < -0.4 is 14.7 Å². The topological polar surface area (TPSA) is 82.9 Å². The Kier molecular flexibility index (Phi) is 13.4. The molecule has 170 valence electrons. The Labute approximate surface area is 193 Å². The maximum Gasteiger partial charge on any atom is 0.481 e. The average molecular weight is 497 g/mol. The number of rotatable bonds is 14. The zero-order chi connectivity index (χ0) is 22.4. The number of nitrogens with zero attached hydrogens (tertiary/aromatic N) is 1. The van der Waals surface area contributed by atoms with Gasteiger partial charge >= 0.3 is 6.09 Å². The molecule has 1 unspecified atom stereocenters. The van der Waals surface area contributed by atoms with Gasteiger partial charge in [-0.15, -0.1) is 28.2 Å². The van der Waals surface area contributed by atoms with Crippen molar-refractivity contribution in [1.82, 2.24) is 5.32 Å². The Morgan fingerprint density at radius 2 is 2.17 bits per heavy atom. The van der Waals surface area contributed by atoms with Crippen molar-refractivity contribution in [3.05, 3.63) is 23.8 Å². The van der Waals surface area contributed by atoms with E-state index in [4.69, 9.17) is 37.6 Å². The van der Waals surface area contributed by atoms with Crippen molar-refractivity contribution in [3.8, 4) is 5.75 Å². The van der Waals surface area contributed by atoms with E-state index < -0.39 is 12.6 Å². The van der Waals surface area contributed by atoms with E-state index in [1.165, 1.54) is 6.66 Å². The smallest absolute Gasteiger partial charge is 0.481 e. The van der Waals surface area contributed by atoms with Gasteiger partial charge in [-0.2, -0.15) is 0 Å². The SMILES string of the molecule is CCCCCCO[N+](=CCc1cc(SC)ccc1OP(C)([O-])=S)OC(=O)NCCCl. The summed E-state index contributed by atoms with van der Waals surface area (Å²) >= 11 is 12.1. The van der Waals surface area contributed by atoms with Gasteiger partial charge in [0, 0.05) is 29.4 Å². The third-order valence-corrected chi connectivity index (χ3v) is 5.41. The summed E-state index contributed by atoms with van der Waals surface area (Å²) in [4.78, 5) is 36.7. The summed E-state index contributed by atoms with van der Waals surface area (Å²) in [7, 11) is 0. The molecule has 1 N–H and O–H groups in total. The lowest BCUT2D eigenvalue weighted by molar-refractivity contribution is -0.947. The van der Waals surface area contributed by atoms with Crippen molar-refractivity contribution in [3.63, 3.8) is 0 Å². The first-order valence-electron chi connectivity index (χ1n) is 9.71. The predicted octanol–water partition coefficient (Wildman–Crippen LogP) is 4.10. The largest absolute Gasteiger partial charge is 0.792 e. The summed E-state index contributed by atoms with van der Waals surface area (Å²) < 4.78 is 5.47. The first-order chi connectivity index (χ1) is 14.3. The van der Waals surface area contributed by atoms with Crippen LogP contribution in [0.4, 0.5) is 4.79 Å². The second kappa shape index (κ2) is 14.9. The van der Waals surface area contributed by atoms with Crippen molar-refractivity contribution in [2.75, 3.05) is 32.0 Å². The van der Waals surface area contributed by atoms with Gasteiger partial charge in [0.25, 0.3) is 6.21 Å². The number of nitrogens with one attached hydrogen (secondary N) is 1. The molecule has 0 heterocycles. The van der Waals surface area contributed by atoms with Gasteiger partial charge in [0.15, 0.2) is 6.61 Å². The highest BCUT2D eigenvalue weighted by molar-refractivity contribution is 8.08. The summed E-state index contributed by atoms with van der Waals surface area (Å²) in [5.41, 5.74) is 0.748. The molecule has 0 aliphatic heterocycles. The number of hydrogen-bond acceptors (Lipinski definition) is 7. The molecule has 0 radical (unpaired) electrons. The molecule has 0 saturated heterocycles. The minimum absolute atomic E-state index is 0.275. The number of thioether (sulfide) groups is 1. The van der Waals surface area contributed by atoms with Gasteiger partial charge in [0.2, 0.25) is 4.90 Å². The number of amides is 1. The lowest BCUT2D eigenvalue weighted by Gasteiger charge is -2.25. The molecule has 0 spiro atoms. The van der Waals surface area contributed by atoms with Crippen LogP contribution in [-0.4, -0.2) is 49.2 Å². The summed E-state index contributed by atoms with van der Waals surface area (Å²) in [6.45, 7) is 1.06. The average Bonchev–Trinajstić information content (AvgIpc) is 2.69. The highest BCUT2D eigenvalue weighted by atomic mass is 35.5. The Balaban J connectivity index is 2.95. The summed E-state index contributed by atoms with van der Waals surface area (Å²) in [5, 5.41) is 2.52. The Morgan fingerprint density at radius 1 is 1.40 bits per heavy atom. The molecule has 30 heavy (non-hydrogen) atoms. The number of alkyl halides is 1. The molecule has 0 aromatic heterocycles. The van der Waals surface area contributed by atoms with Crippen LogP contribution in [0.2, 0.25) is 0 Å². The Morgan fingerprint density at radius 3 is 2.80 bits per heavy atom. The van der Waals surface area contributed by atoms with Crippen LogP contribution in [0.25, 0.3) is 0 Å². The van der Waals surface area contributed by atoms with E-state index in [1.54, 1.807) is 24.0 Å². The number of carbonyl (C=O) groups excluding carboxylic acids is 1. The molecular weight excluding hydrogens is 467 g/mol. The molecule has 1 rings (SSSR count). The minimum Gasteiger partial charge on any atom is -0.792 e. The Bertz CT molecular complexity index is 746. The zero-order valence-electron chi connectivity index (χ0n) is 17.6. The number of hydrogen-bond donors (Lipinski definition) is 1. The van der Waals surface area contributed by atoms with Gasteiger partial charge in [0.1, 0.15) is 5.75 Å². The van der Waals surface area contributed by atoms with Crippen LogP contribution >= 0.6 is 29.9 Å². The summed E-state index contributed by atoms with van der Waals surface area (Å²) in [6.07, 6.45) is 7.29. The van der Waals surface area contributed by atoms with Gasteiger partial charge in [-0.25, -0.2) is 9.63 Å². The number of carbonyl (C=O) groups is 1. The molecule has 1 atom stereocenters. The van der Waals surface area contributed by atoms with E-state index in [1.807, 2.05) is 18.4 Å². The van der Waals surface area contributed by atoms with E-state index in [0.29, 0.717) is 18.8 Å². The molecule has 0 aliphatic rings. The minimum atomic E-state index is -3.14. The van der Waals surface area contributed by atoms with Crippen LogP contribution in [0, 0.1) is 0 Å². The zero-order valence-corrected chi connectivity index (χ0v) is 20.9. The number of unbranched alkanes of at least 4 members (excludes halogenated alkanes) is 3. The molecule has 0 bridgehead atoms. The van der Waals surface area contributed by atoms with Crippen LogP contribution in [0.5, 0.6) is 5.75 Å². The molecule has 0 aliphatic carbocycles. The molecule has 1 aromatic carbocycles. The van der Waals surface area contributed by atoms with Crippen LogP contribution in [0.1, 0.15) is 38.2 Å². The normalized spacial score (nSPS) is 13.4. The number of benzene rings is 1. The van der Waals surface area contributed by atoms with Gasteiger partial charge < -0.3 is 14.7 Å². The molecule has 11 heteroatoms. The van der Waals surface area contributed by atoms with Gasteiger partial charge in [-0.3, -0.25) is 0 Å². The third-order valence-electron chi connectivity index (χ3n) is 3.75. The molecule has 7 nitrogen and oxygen atoms in total. The molecule has 1 aromatic rings. The Hall–Kier alpha value is -0.990. The van der Waals surface area contributed by atoms with Crippen molar-refractivity contribution in [1.29, 1.82) is 0 Å². The standard InChI is InChI=1S/C19H30ClN2O5PS2/c1-4-5-6-7-14-25-22(26-19(23)21-12-11-20)13-10-16-15-17(30-3)8-9-18(16)27-28(2,24)29/h8-9,13,15H,4-7,10-12,14H2,1-3H3,(H-,21,23,24,29). The monoisotopic (exact) mass is 496 g/mol. The first-order valence-corrected chi connectivity index (χ1v) is 14.6. The lowest BCUT2D eigenvalue weighted by atomic mass is 10.1. The van der Waals surface area contributed by atoms with Crippen molar-refractivity contribution >= 4 is 54.0 Å². The van der Waals surface area contributed by atoms with Crippen LogP contribution in [0.3, 0.4) is 0 Å². The summed E-state index contributed by atoms with van der Waals surface area (Å²) in [6, 6.07) is 5.52. The molecular formula is C19H30ClN2O5PS2. The highest BCUT2D eigenvalue weighted by Gasteiger charge is 2.17. The van der Waals surface area contributed by atoms with Gasteiger partial charge in [-0.05, 0) is 44.0 Å². The van der Waals surface area contributed by atoms with E-state index in [9.17, 15) is 9.69 Å². The van der Waals surface area contributed by atoms with Crippen molar-refractivity contribution in [2.24, 2.45) is 0 Å². The maximum atomic E-state index is 12.0. The van der Waals surface area contributed by atoms with Crippen molar-refractivity contribution in [2.45, 2.75) is 43.9 Å². The highest BCUT2D eigenvalue weighted by Crippen LogP contribution is 2.37. The number of halogens is 1. The first kappa shape index (κ1) is 27.0. The van der Waals surface area contributed by atoms with E-state index in [-0.39, 0.29) is 12.4 Å². The molecule has 0 fully saturated rings. The van der Waals surface area contributed by atoms with Crippen molar-refractivity contribution < 1.29 is 28.8 Å². The van der Waals surface area contributed by atoms with Crippen LogP contribution in [-0.2, 0) is 27.9 Å². The lowest BCUT2D eigenvalue weighted by Crippen LogP contribution is -2.31. The van der Waals surface area contributed by atoms with Crippen LogP contribution in [0.15, 0.2) is 23.1 Å². The second-order valence-corrected chi connectivity index (χ2v) is 11.4. The summed E-state index contributed by atoms with van der Waals surface area (Å²) in [5.74, 6) is 0.705. The maximum absolute atomic E-state index is 12.0. The van der Waals surface area contributed by atoms with Gasteiger partial charge in [0.05, 0.1) is 6.42 Å². The van der Waals surface area contributed by atoms with E-state index >= 15 is 0 Å². The second-order valence-electron chi connectivity index (χ2n) is 6.40. The quantitative estimate of drug-likeness (QED) is 0.0789. The fraction of sp³-hybridized carbons (Fsp3) is 0.579. The fourth-order valence-electron chi connectivity index (χ4n) is 2.35. The molecule has 0 saturated carbocycles. The predicted molar refractivity (Wildman–Crippen MR) is 124 cm³/mol.